The molecule has 0 radical (unpaired) electrons. The molecule has 4 aliphatic rings. The number of amides is 3. The molecule has 0 aromatic heterocycles. The molecule has 35 heavy (non-hydrogen) atoms. The van der Waals surface area contributed by atoms with E-state index in [-0.39, 0.29) is 29.7 Å². The van der Waals surface area contributed by atoms with Crippen molar-refractivity contribution in [1.29, 1.82) is 0 Å². The lowest BCUT2D eigenvalue weighted by Gasteiger charge is -2.55. The molecule has 6 heteroatoms. The Morgan fingerprint density at radius 2 is 1.46 bits per heavy atom. The first kappa shape index (κ1) is 23.6. The maximum absolute atomic E-state index is 13.2. The van der Waals surface area contributed by atoms with Crippen LogP contribution in [-0.4, -0.2) is 36.2 Å². The summed E-state index contributed by atoms with van der Waals surface area (Å²) in [6, 6.07) is 14.8. The van der Waals surface area contributed by atoms with Gasteiger partial charge in [0.1, 0.15) is 0 Å². The van der Waals surface area contributed by atoms with Crippen molar-refractivity contribution in [1.82, 2.24) is 10.2 Å². The number of rotatable bonds is 7. The molecule has 4 fully saturated rings. The molecule has 3 amide bonds. The lowest BCUT2D eigenvalue weighted by molar-refractivity contribution is -0.146. The van der Waals surface area contributed by atoms with Gasteiger partial charge in [-0.15, -0.1) is 0 Å². The second kappa shape index (κ2) is 9.48. The lowest BCUT2D eigenvalue weighted by atomic mass is 9.49. The van der Waals surface area contributed by atoms with Crippen LogP contribution in [0.3, 0.4) is 0 Å². The van der Waals surface area contributed by atoms with E-state index in [2.05, 4.69) is 10.6 Å². The van der Waals surface area contributed by atoms with Crippen LogP contribution in [0, 0.1) is 30.1 Å². The minimum Gasteiger partial charge on any atom is -0.352 e. The van der Waals surface area contributed by atoms with Gasteiger partial charge in [-0.2, -0.15) is 0 Å². The first-order valence-electron chi connectivity index (χ1n) is 12.8. The zero-order valence-corrected chi connectivity index (χ0v) is 20.7. The number of carbonyl (C=O) groups is 3. The van der Waals surface area contributed by atoms with Gasteiger partial charge >= 0.3 is 0 Å². The highest BCUT2D eigenvalue weighted by Crippen LogP contribution is 2.60. The first-order chi connectivity index (χ1) is 16.8. The Morgan fingerprint density at radius 1 is 0.886 bits per heavy atom. The second-order valence-corrected chi connectivity index (χ2v) is 11.2. The van der Waals surface area contributed by atoms with Crippen molar-refractivity contribution in [3.8, 4) is 0 Å². The number of benzene rings is 2. The maximum atomic E-state index is 13.2. The Kier molecular flexibility index (Phi) is 6.39. The minimum atomic E-state index is -0.242. The predicted octanol–water partition coefficient (Wildman–Crippen LogP) is 4.54. The normalized spacial score (nSPS) is 26.3. The maximum Gasteiger partial charge on any atom is 0.254 e. The molecule has 0 unspecified atom stereocenters. The van der Waals surface area contributed by atoms with Crippen molar-refractivity contribution in [2.75, 3.05) is 18.9 Å². The van der Waals surface area contributed by atoms with Gasteiger partial charge in [0.15, 0.2) is 0 Å². The standard InChI is InChI=1S/C29H35N3O3/c1-19-3-9-25(10-4-19)31-26(33)18-32(2)27(34)24-7-5-20(6-8-24)17-30-28(35)29-14-21-11-22(15-29)13-23(12-21)16-29/h3-10,21-23H,11-18H2,1-2H3,(H,30,35)(H,31,33). The molecule has 0 atom stereocenters. The summed E-state index contributed by atoms with van der Waals surface area (Å²) < 4.78 is 0. The van der Waals surface area contributed by atoms with Gasteiger partial charge in [-0.1, -0.05) is 29.8 Å². The van der Waals surface area contributed by atoms with Crippen LogP contribution in [0.5, 0.6) is 0 Å². The lowest BCUT2D eigenvalue weighted by Crippen LogP contribution is -2.53. The molecule has 0 saturated heterocycles. The summed E-state index contributed by atoms with van der Waals surface area (Å²) in [5.74, 6) is 1.99. The fourth-order valence-electron chi connectivity index (χ4n) is 6.87. The van der Waals surface area contributed by atoms with Crippen molar-refractivity contribution in [3.05, 3.63) is 65.2 Å². The molecular weight excluding hydrogens is 438 g/mol. The van der Waals surface area contributed by atoms with E-state index in [1.54, 1.807) is 19.2 Å². The van der Waals surface area contributed by atoms with Crippen LogP contribution in [0.4, 0.5) is 5.69 Å². The third-order valence-electron chi connectivity index (χ3n) is 8.24. The number of hydrogen-bond acceptors (Lipinski definition) is 3. The third-order valence-corrected chi connectivity index (χ3v) is 8.24. The van der Waals surface area contributed by atoms with E-state index < -0.39 is 0 Å². The Hall–Kier alpha value is -3.15. The Labute approximate surface area is 207 Å². The average molecular weight is 474 g/mol. The van der Waals surface area contributed by atoms with Crippen molar-refractivity contribution in [3.63, 3.8) is 0 Å². The molecule has 4 aliphatic carbocycles. The minimum absolute atomic E-state index is 0.0322. The zero-order chi connectivity index (χ0) is 24.6. The molecule has 0 heterocycles. The smallest absolute Gasteiger partial charge is 0.254 e. The number of nitrogens with one attached hydrogen (secondary N) is 2. The second-order valence-electron chi connectivity index (χ2n) is 11.2. The van der Waals surface area contributed by atoms with Crippen molar-refractivity contribution in [2.24, 2.45) is 23.2 Å². The monoisotopic (exact) mass is 473 g/mol. The summed E-state index contributed by atoms with van der Waals surface area (Å²) in [6.45, 7) is 2.43. The average Bonchev–Trinajstić information content (AvgIpc) is 2.83. The van der Waals surface area contributed by atoms with Gasteiger partial charge in [0.25, 0.3) is 5.91 Å². The summed E-state index contributed by atoms with van der Waals surface area (Å²) in [4.78, 5) is 39.7. The van der Waals surface area contributed by atoms with Crippen LogP contribution < -0.4 is 10.6 Å². The highest BCUT2D eigenvalue weighted by molar-refractivity contribution is 5.99. The highest BCUT2D eigenvalue weighted by Gasteiger charge is 2.54. The van der Waals surface area contributed by atoms with E-state index >= 15 is 0 Å². The molecule has 2 N–H and O–H groups in total. The molecule has 0 aliphatic heterocycles. The quantitative estimate of drug-likeness (QED) is 0.620. The van der Waals surface area contributed by atoms with Gasteiger partial charge in [-0.25, -0.2) is 0 Å². The number of anilines is 1. The summed E-state index contributed by atoms with van der Waals surface area (Å²) in [7, 11) is 1.62. The SMILES string of the molecule is Cc1ccc(NC(=O)CN(C)C(=O)c2ccc(CNC(=O)C34CC5CC(CC(C5)C3)C4)cc2)cc1. The van der Waals surface area contributed by atoms with Crippen LogP contribution >= 0.6 is 0 Å². The van der Waals surface area contributed by atoms with Crippen LogP contribution in [0.2, 0.25) is 0 Å². The predicted molar refractivity (Wildman–Crippen MR) is 136 cm³/mol. The molecule has 184 valence electrons. The Bertz CT molecular complexity index is 1070. The molecule has 0 spiro atoms. The molecule has 2 aromatic rings. The fraction of sp³-hybridized carbons (Fsp3) is 0.483. The fourth-order valence-corrected chi connectivity index (χ4v) is 6.87. The van der Waals surface area contributed by atoms with E-state index in [1.807, 2.05) is 43.3 Å². The molecular formula is C29H35N3O3. The van der Waals surface area contributed by atoms with Gasteiger partial charge in [0.2, 0.25) is 11.8 Å². The van der Waals surface area contributed by atoms with Gasteiger partial charge in [0, 0.05) is 30.3 Å². The van der Waals surface area contributed by atoms with Gasteiger partial charge in [-0.05, 0) is 93.0 Å². The summed E-state index contributed by atoms with van der Waals surface area (Å²) in [6.07, 6.45) is 7.14. The summed E-state index contributed by atoms with van der Waals surface area (Å²) in [5, 5.41) is 6.01. The molecule has 6 nitrogen and oxygen atoms in total. The molecule has 4 bridgehead atoms. The van der Waals surface area contributed by atoms with E-state index in [1.165, 1.54) is 24.2 Å². The third kappa shape index (κ3) is 5.12. The van der Waals surface area contributed by atoms with E-state index in [0.717, 1.165) is 48.1 Å². The van der Waals surface area contributed by atoms with Crippen LogP contribution in [0.25, 0.3) is 0 Å². The number of carbonyl (C=O) groups excluding carboxylic acids is 3. The van der Waals surface area contributed by atoms with Crippen molar-refractivity contribution >= 4 is 23.4 Å². The largest absolute Gasteiger partial charge is 0.352 e. The number of nitrogens with zero attached hydrogens (tertiary/aromatic N) is 1. The number of likely N-dealkylation sites (N-methyl/N-ethyl adjacent to an activating group) is 1. The van der Waals surface area contributed by atoms with E-state index in [4.69, 9.17) is 0 Å². The van der Waals surface area contributed by atoms with Gasteiger partial charge in [0.05, 0.1) is 6.54 Å². The van der Waals surface area contributed by atoms with Crippen LogP contribution in [0.1, 0.15) is 60.0 Å². The van der Waals surface area contributed by atoms with Crippen molar-refractivity contribution < 1.29 is 14.4 Å². The first-order valence-corrected chi connectivity index (χ1v) is 12.8. The van der Waals surface area contributed by atoms with E-state index in [0.29, 0.717) is 17.8 Å². The topological polar surface area (TPSA) is 78.5 Å². The highest BCUT2D eigenvalue weighted by atomic mass is 16.2. The zero-order valence-electron chi connectivity index (χ0n) is 20.7. The number of aryl methyl sites for hydroxylation is 1. The van der Waals surface area contributed by atoms with Gasteiger partial charge < -0.3 is 15.5 Å². The number of hydrogen-bond donors (Lipinski definition) is 2. The summed E-state index contributed by atoms with van der Waals surface area (Å²) in [5.41, 5.74) is 3.17. The summed E-state index contributed by atoms with van der Waals surface area (Å²) >= 11 is 0. The molecule has 4 saturated carbocycles. The van der Waals surface area contributed by atoms with E-state index in [9.17, 15) is 14.4 Å². The van der Waals surface area contributed by atoms with Gasteiger partial charge in [-0.3, -0.25) is 14.4 Å². The Morgan fingerprint density at radius 3 is 2.03 bits per heavy atom. The van der Waals surface area contributed by atoms with Crippen LogP contribution in [-0.2, 0) is 16.1 Å². The van der Waals surface area contributed by atoms with Crippen molar-refractivity contribution in [2.45, 2.75) is 52.0 Å². The molecule has 2 aromatic carbocycles. The molecule has 6 rings (SSSR count). The van der Waals surface area contributed by atoms with Crippen LogP contribution in [0.15, 0.2) is 48.5 Å². The Balaban J connectivity index is 1.12.